The first-order valence-electron chi connectivity index (χ1n) is 13.5. The molecule has 3 aromatic rings. The van der Waals surface area contributed by atoms with Crippen LogP contribution in [0.5, 0.6) is 0 Å². The van der Waals surface area contributed by atoms with Gasteiger partial charge in [-0.1, -0.05) is 71.2 Å². The summed E-state index contributed by atoms with van der Waals surface area (Å²) in [5, 5.41) is 14.4. The first-order chi connectivity index (χ1) is 19.4. The van der Waals surface area contributed by atoms with E-state index in [0.29, 0.717) is 93.2 Å². The molecule has 0 spiro atoms. The van der Waals surface area contributed by atoms with Gasteiger partial charge >= 0.3 is 0 Å². The summed E-state index contributed by atoms with van der Waals surface area (Å²) in [6.07, 6.45) is 3.04. The molecule has 0 aliphatic heterocycles. The van der Waals surface area contributed by atoms with Gasteiger partial charge < -0.3 is 14.2 Å². The van der Waals surface area contributed by atoms with Gasteiger partial charge in [-0.15, -0.1) is 0 Å². The van der Waals surface area contributed by atoms with Gasteiger partial charge in [0, 0.05) is 59.1 Å². The lowest BCUT2D eigenvalue weighted by molar-refractivity contribution is -0.574. The van der Waals surface area contributed by atoms with Crippen LogP contribution in [0, 0.1) is 10.1 Å². The summed E-state index contributed by atoms with van der Waals surface area (Å²) in [6.45, 7) is 2.66. The number of hydrogen-bond acceptors (Lipinski definition) is 5. The molecule has 6 nitrogen and oxygen atoms in total. The Kier molecular flexibility index (Phi) is 14.2. The summed E-state index contributed by atoms with van der Waals surface area (Å²) >= 11 is 17.8. The van der Waals surface area contributed by atoms with Gasteiger partial charge in [-0.3, -0.25) is 10.1 Å². The number of halogens is 3. The Hall–Kier alpha value is -2.19. The third-order valence-electron chi connectivity index (χ3n) is 6.73. The molecule has 0 saturated carbocycles. The molecule has 0 heterocycles. The van der Waals surface area contributed by atoms with E-state index in [1.54, 1.807) is 0 Å². The van der Waals surface area contributed by atoms with E-state index < -0.39 is 5.54 Å². The third-order valence-corrected chi connectivity index (χ3v) is 7.48. The van der Waals surface area contributed by atoms with Gasteiger partial charge in [-0.05, 0) is 72.4 Å². The van der Waals surface area contributed by atoms with Crippen LogP contribution in [-0.2, 0) is 34.0 Å². The highest BCUT2D eigenvalue weighted by atomic mass is 35.5. The Balaban J connectivity index is 1.48. The third kappa shape index (κ3) is 11.7. The zero-order chi connectivity index (χ0) is 28.6. The van der Waals surface area contributed by atoms with Crippen molar-refractivity contribution in [3.05, 3.63) is 115 Å². The highest BCUT2D eigenvalue weighted by molar-refractivity contribution is 6.31. The molecule has 0 unspecified atom stereocenters. The van der Waals surface area contributed by atoms with Crippen LogP contribution in [0.2, 0.25) is 15.1 Å². The van der Waals surface area contributed by atoms with Crippen LogP contribution in [0.1, 0.15) is 55.2 Å². The molecule has 3 rings (SSSR count). The number of nitro groups is 1. The van der Waals surface area contributed by atoms with Crippen LogP contribution in [0.25, 0.3) is 0 Å². The summed E-state index contributed by atoms with van der Waals surface area (Å²) in [7, 11) is 0. The minimum absolute atomic E-state index is 0.107. The summed E-state index contributed by atoms with van der Waals surface area (Å²) in [4.78, 5) is 12.3. The molecule has 40 heavy (non-hydrogen) atoms. The normalized spacial score (nSPS) is 11.6. The van der Waals surface area contributed by atoms with Crippen molar-refractivity contribution in [2.45, 2.75) is 63.9 Å². The second-order valence-electron chi connectivity index (χ2n) is 9.83. The fraction of sp³-hybridized carbons (Fsp3) is 0.419. The van der Waals surface area contributed by atoms with Crippen molar-refractivity contribution in [1.82, 2.24) is 0 Å². The van der Waals surface area contributed by atoms with Crippen LogP contribution in [0.3, 0.4) is 0 Å². The van der Waals surface area contributed by atoms with Crippen LogP contribution in [0.15, 0.2) is 72.8 Å². The molecule has 0 atom stereocenters. The Morgan fingerprint density at radius 3 is 1.07 bits per heavy atom. The van der Waals surface area contributed by atoms with Crippen molar-refractivity contribution in [2.24, 2.45) is 0 Å². The van der Waals surface area contributed by atoms with Crippen LogP contribution in [0.4, 0.5) is 0 Å². The highest BCUT2D eigenvalue weighted by Gasteiger charge is 2.41. The van der Waals surface area contributed by atoms with Crippen molar-refractivity contribution in [1.29, 1.82) is 0 Å². The molecular weight excluding hydrogens is 573 g/mol. The molecule has 0 bridgehead atoms. The molecule has 0 aliphatic rings. The zero-order valence-electron chi connectivity index (χ0n) is 22.5. The van der Waals surface area contributed by atoms with Gasteiger partial charge in [0.05, 0.1) is 19.8 Å². The number of hydrogen-bond donors (Lipinski definition) is 0. The van der Waals surface area contributed by atoms with E-state index in [1.807, 2.05) is 72.8 Å². The molecule has 0 radical (unpaired) electrons. The number of ether oxygens (including phenoxy) is 3. The van der Waals surface area contributed by atoms with E-state index >= 15 is 0 Å². The van der Waals surface area contributed by atoms with Gasteiger partial charge in [0.2, 0.25) is 5.54 Å². The summed E-state index contributed by atoms with van der Waals surface area (Å²) in [6, 6.07) is 22.4. The predicted molar refractivity (Wildman–Crippen MR) is 161 cm³/mol. The Morgan fingerprint density at radius 2 is 0.825 bits per heavy atom. The van der Waals surface area contributed by atoms with Gasteiger partial charge in [0.15, 0.2) is 0 Å². The van der Waals surface area contributed by atoms with Crippen molar-refractivity contribution >= 4 is 34.8 Å². The van der Waals surface area contributed by atoms with Gasteiger partial charge in [0.1, 0.15) is 0 Å². The van der Waals surface area contributed by atoms with Gasteiger partial charge in [-0.25, -0.2) is 0 Å². The number of nitrogens with zero attached hydrogens (tertiary/aromatic N) is 1. The monoisotopic (exact) mass is 607 g/mol. The molecule has 0 aliphatic carbocycles. The van der Waals surface area contributed by atoms with E-state index in [9.17, 15) is 10.1 Å². The molecule has 3 aromatic carbocycles. The highest BCUT2D eigenvalue weighted by Crippen LogP contribution is 2.30. The SMILES string of the molecule is O=[N+]([O-])C(CCCOCc1ccc(Cl)cc1)(CCCOCc1ccc(Cl)cc1)CCCOCc1ccc(Cl)cc1. The van der Waals surface area contributed by atoms with Crippen LogP contribution < -0.4 is 0 Å². The van der Waals surface area contributed by atoms with Crippen molar-refractivity contribution in [3.63, 3.8) is 0 Å². The molecule has 0 fully saturated rings. The summed E-state index contributed by atoms with van der Waals surface area (Å²) < 4.78 is 17.4. The van der Waals surface area contributed by atoms with E-state index in [2.05, 4.69) is 0 Å². The average molecular weight is 609 g/mol. The smallest absolute Gasteiger partial charge is 0.222 e. The Bertz CT molecular complexity index is 1010. The first kappa shape index (κ1) is 32.3. The van der Waals surface area contributed by atoms with E-state index in [1.165, 1.54) is 0 Å². The van der Waals surface area contributed by atoms with Crippen molar-refractivity contribution in [3.8, 4) is 0 Å². The summed E-state index contributed by atoms with van der Waals surface area (Å²) in [5.74, 6) is 0. The number of rotatable bonds is 19. The lowest BCUT2D eigenvalue weighted by Gasteiger charge is -2.26. The fourth-order valence-corrected chi connectivity index (χ4v) is 4.85. The molecule has 0 amide bonds. The average Bonchev–Trinajstić information content (AvgIpc) is 2.95. The Labute approximate surface area is 251 Å². The van der Waals surface area contributed by atoms with Crippen LogP contribution in [-0.4, -0.2) is 30.3 Å². The maximum absolute atomic E-state index is 12.4. The predicted octanol–water partition coefficient (Wildman–Crippen LogP) is 8.95. The van der Waals surface area contributed by atoms with E-state index in [0.717, 1.165) is 16.7 Å². The standard InChI is InChI=1S/C31H36Cl3NO5/c32-28-10-4-25(5-11-28)22-38-19-1-16-31(35(36)37,17-2-20-39-23-26-6-12-29(33)13-7-26)18-3-21-40-24-27-8-14-30(34)15-9-27/h4-15H,1-3,16-24H2. The Morgan fingerprint density at radius 1 is 0.550 bits per heavy atom. The first-order valence-corrected chi connectivity index (χ1v) is 14.6. The lowest BCUT2D eigenvalue weighted by Crippen LogP contribution is -2.39. The number of benzene rings is 3. The minimum Gasteiger partial charge on any atom is -0.377 e. The molecule has 0 saturated heterocycles. The molecule has 0 aromatic heterocycles. The molecule has 0 N–H and O–H groups in total. The second kappa shape index (κ2) is 17.6. The second-order valence-corrected chi connectivity index (χ2v) is 11.1. The zero-order valence-corrected chi connectivity index (χ0v) is 24.8. The molecular formula is C31H36Cl3NO5. The molecule has 9 heteroatoms. The van der Waals surface area contributed by atoms with Gasteiger partial charge in [-0.2, -0.15) is 0 Å². The lowest BCUT2D eigenvalue weighted by atomic mass is 9.84. The fourth-order valence-electron chi connectivity index (χ4n) is 4.47. The minimum atomic E-state index is -1.06. The maximum Gasteiger partial charge on any atom is 0.222 e. The van der Waals surface area contributed by atoms with E-state index in [4.69, 9.17) is 49.0 Å². The van der Waals surface area contributed by atoms with Gasteiger partial charge in [0.25, 0.3) is 0 Å². The topological polar surface area (TPSA) is 70.8 Å². The van der Waals surface area contributed by atoms with E-state index in [-0.39, 0.29) is 4.92 Å². The van der Waals surface area contributed by atoms with Crippen molar-refractivity contribution in [2.75, 3.05) is 19.8 Å². The molecule has 216 valence electrons. The maximum atomic E-state index is 12.4. The quantitative estimate of drug-likeness (QED) is 0.0772. The van der Waals surface area contributed by atoms with Crippen LogP contribution >= 0.6 is 34.8 Å². The summed E-state index contributed by atoms with van der Waals surface area (Å²) in [5.41, 5.74) is 1.98. The van der Waals surface area contributed by atoms with Crippen molar-refractivity contribution < 1.29 is 19.1 Å². The largest absolute Gasteiger partial charge is 0.377 e.